The summed E-state index contributed by atoms with van der Waals surface area (Å²) in [5, 5.41) is 25.0. The second-order valence-corrected chi connectivity index (χ2v) is 8.28. The Bertz CT molecular complexity index is 821. The predicted octanol–water partition coefficient (Wildman–Crippen LogP) is 1.73. The van der Waals surface area contributed by atoms with Crippen LogP contribution < -0.4 is 5.73 Å². The summed E-state index contributed by atoms with van der Waals surface area (Å²) in [6.45, 7) is 1.31. The first-order valence-corrected chi connectivity index (χ1v) is 9.81. The first kappa shape index (κ1) is 19.5. The summed E-state index contributed by atoms with van der Waals surface area (Å²) in [4.78, 5) is 10.0. The zero-order valence-corrected chi connectivity index (χ0v) is 15.1. The van der Waals surface area contributed by atoms with Gasteiger partial charge in [0.2, 0.25) is 10.0 Å². The van der Waals surface area contributed by atoms with Crippen LogP contribution in [0.2, 0.25) is 0 Å². The van der Waals surface area contributed by atoms with E-state index in [1.54, 1.807) is 23.8 Å². The van der Waals surface area contributed by atoms with Crippen LogP contribution in [0.4, 0.5) is 5.69 Å². The third-order valence-electron chi connectivity index (χ3n) is 3.48. The molecule has 2 rings (SSSR count). The monoisotopic (exact) mass is 385 g/mol. The number of para-hydroxylation sites is 1. The Morgan fingerprint density at radius 3 is 2.56 bits per heavy atom. The molecule has 25 heavy (non-hydrogen) atoms. The van der Waals surface area contributed by atoms with Crippen molar-refractivity contribution < 1.29 is 18.4 Å². The second-order valence-electron chi connectivity index (χ2n) is 5.60. The van der Waals surface area contributed by atoms with Gasteiger partial charge in [-0.1, -0.05) is 12.1 Å². The highest BCUT2D eigenvalue weighted by molar-refractivity contribution is 7.89. The smallest absolute Gasteiger partial charge is 0.289 e. The van der Waals surface area contributed by atoms with Crippen molar-refractivity contribution in [3.8, 4) is 0 Å². The van der Waals surface area contributed by atoms with Crippen molar-refractivity contribution in [2.75, 3.05) is 13.1 Å². The first-order valence-electron chi connectivity index (χ1n) is 7.42. The maximum atomic E-state index is 13.0. The molecule has 3 N–H and O–H groups in total. The predicted molar refractivity (Wildman–Crippen MR) is 94.8 cm³/mol. The molecule has 1 aromatic carbocycles. The van der Waals surface area contributed by atoms with Gasteiger partial charge >= 0.3 is 0 Å². The van der Waals surface area contributed by atoms with Gasteiger partial charge in [-0.25, -0.2) is 8.42 Å². The van der Waals surface area contributed by atoms with E-state index < -0.39 is 37.7 Å². The molecular weight excluding hydrogens is 366 g/mol. The maximum Gasteiger partial charge on any atom is 0.289 e. The number of benzene rings is 1. The standard InChI is InChI=1S/C15H19N3O5S2/c1-11(16)8-17(9-14(19)12-6-7-24-10-12)25(22,23)15-5-3-2-4-13(15)18(20)21/h2-7,10-11,14,19H,8-9,16H2,1H3. The zero-order valence-electron chi connectivity index (χ0n) is 13.5. The fourth-order valence-electron chi connectivity index (χ4n) is 2.32. The number of aliphatic hydroxyl groups excluding tert-OH is 1. The average molecular weight is 385 g/mol. The number of nitro benzene ring substituents is 1. The van der Waals surface area contributed by atoms with E-state index in [-0.39, 0.29) is 13.1 Å². The van der Waals surface area contributed by atoms with Crippen molar-refractivity contribution >= 4 is 27.0 Å². The number of sulfonamides is 1. The summed E-state index contributed by atoms with van der Waals surface area (Å²) in [5.74, 6) is 0. The van der Waals surface area contributed by atoms with Gasteiger partial charge in [0, 0.05) is 25.2 Å². The highest BCUT2D eigenvalue weighted by Gasteiger charge is 2.33. The molecule has 0 bridgehead atoms. The van der Waals surface area contributed by atoms with E-state index in [4.69, 9.17) is 5.73 Å². The highest BCUT2D eigenvalue weighted by Crippen LogP contribution is 2.28. The lowest BCUT2D eigenvalue weighted by atomic mass is 10.2. The molecule has 2 atom stereocenters. The summed E-state index contributed by atoms with van der Waals surface area (Å²) in [5.41, 5.74) is 5.81. The summed E-state index contributed by atoms with van der Waals surface area (Å²) in [7, 11) is -4.20. The molecule has 0 amide bonds. The number of nitrogens with two attached hydrogens (primary N) is 1. The summed E-state index contributed by atoms with van der Waals surface area (Å²) in [6, 6.07) is 6.31. The van der Waals surface area contributed by atoms with Crippen LogP contribution in [0, 0.1) is 10.1 Å². The molecule has 8 nitrogen and oxygen atoms in total. The van der Waals surface area contributed by atoms with Crippen molar-refractivity contribution in [1.82, 2.24) is 4.31 Å². The van der Waals surface area contributed by atoms with Crippen molar-refractivity contribution in [1.29, 1.82) is 0 Å². The Morgan fingerprint density at radius 1 is 1.32 bits per heavy atom. The molecule has 1 heterocycles. The van der Waals surface area contributed by atoms with Crippen LogP contribution in [0.25, 0.3) is 0 Å². The van der Waals surface area contributed by atoms with Crippen LogP contribution in [0.5, 0.6) is 0 Å². The van der Waals surface area contributed by atoms with Gasteiger partial charge in [-0.15, -0.1) is 0 Å². The van der Waals surface area contributed by atoms with Gasteiger partial charge in [0.15, 0.2) is 4.90 Å². The third-order valence-corrected chi connectivity index (χ3v) is 6.06. The lowest BCUT2D eigenvalue weighted by molar-refractivity contribution is -0.387. The molecule has 2 aromatic rings. The minimum absolute atomic E-state index is 0.0738. The number of nitro groups is 1. The molecule has 10 heteroatoms. The molecule has 2 unspecified atom stereocenters. The van der Waals surface area contributed by atoms with Crippen LogP contribution in [-0.2, 0) is 10.0 Å². The third kappa shape index (κ3) is 4.61. The maximum absolute atomic E-state index is 13.0. The van der Waals surface area contributed by atoms with E-state index in [1.165, 1.54) is 29.5 Å². The molecule has 0 fully saturated rings. The van der Waals surface area contributed by atoms with Gasteiger partial charge < -0.3 is 10.8 Å². The number of hydrogen-bond acceptors (Lipinski definition) is 7. The van der Waals surface area contributed by atoms with E-state index in [0.717, 1.165) is 10.4 Å². The summed E-state index contributed by atoms with van der Waals surface area (Å²) in [6.07, 6.45) is -1.05. The fraction of sp³-hybridized carbons (Fsp3) is 0.333. The molecule has 0 aliphatic heterocycles. The molecule has 0 aliphatic carbocycles. The van der Waals surface area contributed by atoms with Crippen LogP contribution in [0.15, 0.2) is 46.0 Å². The van der Waals surface area contributed by atoms with Gasteiger partial charge in [0.25, 0.3) is 5.69 Å². The van der Waals surface area contributed by atoms with Crippen LogP contribution in [0.1, 0.15) is 18.6 Å². The lowest BCUT2D eigenvalue weighted by Gasteiger charge is -2.26. The van der Waals surface area contributed by atoms with Crippen LogP contribution in [0.3, 0.4) is 0 Å². The van der Waals surface area contributed by atoms with E-state index in [2.05, 4.69) is 0 Å². The Kier molecular flexibility index (Phi) is 6.25. The molecule has 1 aromatic heterocycles. The zero-order chi connectivity index (χ0) is 18.6. The largest absolute Gasteiger partial charge is 0.387 e. The lowest BCUT2D eigenvalue weighted by Crippen LogP contribution is -2.42. The molecular formula is C15H19N3O5S2. The highest BCUT2D eigenvalue weighted by atomic mass is 32.2. The number of hydrogen-bond donors (Lipinski definition) is 2. The van der Waals surface area contributed by atoms with Crippen molar-refractivity contribution in [3.63, 3.8) is 0 Å². The van der Waals surface area contributed by atoms with Gasteiger partial charge in [-0.05, 0) is 35.4 Å². The van der Waals surface area contributed by atoms with Crippen LogP contribution in [-0.4, -0.2) is 41.9 Å². The Morgan fingerprint density at radius 2 is 2.00 bits per heavy atom. The number of thiophene rings is 1. The molecule has 136 valence electrons. The van der Waals surface area contributed by atoms with E-state index >= 15 is 0 Å². The fourth-order valence-corrected chi connectivity index (χ4v) is 4.73. The Hall–Kier alpha value is -1.85. The van der Waals surface area contributed by atoms with Gasteiger partial charge in [-0.2, -0.15) is 15.6 Å². The molecule has 0 saturated carbocycles. The van der Waals surface area contributed by atoms with Gasteiger partial charge in [0.1, 0.15) is 0 Å². The molecule has 0 radical (unpaired) electrons. The first-order chi connectivity index (χ1) is 11.7. The van der Waals surface area contributed by atoms with E-state index in [0.29, 0.717) is 5.56 Å². The van der Waals surface area contributed by atoms with E-state index in [1.807, 2.05) is 0 Å². The van der Waals surface area contributed by atoms with Gasteiger partial charge in [0.05, 0.1) is 11.0 Å². The topological polar surface area (TPSA) is 127 Å². The minimum Gasteiger partial charge on any atom is -0.387 e. The second kappa shape index (κ2) is 8.02. The molecule has 0 aliphatic rings. The normalized spacial score (nSPS) is 14.4. The molecule has 0 saturated heterocycles. The molecule has 0 spiro atoms. The number of aliphatic hydroxyl groups is 1. The quantitative estimate of drug-likeness (QED) is 0.526. The van der Waals surface area contributed by atoms with Gasteiger partial charge in [-0.3, -0.25) is 10.1 Å². The van der Waals surface area contributed by atoms with Crippen LogP contribution >= 0.6 is 11.3 Å². The van der Waals surface area contributed by atoms with Crippen molar-refractivity contribution in [2.45, 2.75) is 24.0 Å². The SMILES string of the molecule is CC(N)CN(CC(O)c1ccsc1)S(=O)(=O)c1ccccc1[N+](=O)[O-]. The summed E-state index contributed by atoms with van der Waals surface area (Å²) < 4.78 is 26.9. The Balaban J connectivity index is 2.41. The summed E-state index contributed by atoms with van der Waals surface area (Å²) >= 11 is 1.38. The van der Waals surface area contributed by atoms with Crippen molar-refractivity contribution in [2.24, 2.45) is 5.73 Å². The number of rotatable bonds is 8. The van der Waals surface area contributed by atoms with E-state index in [9.17, 15) is 23.6 Å². The minimum atomic E-state index is -4.20. The average Bonchev–Trinajstić information content (AvgIpc) is 3.08. The Labute approximate surface area is 149 Å². The van der Waals surface area contributed by atoms with Crippen molar-refractivity contribution in [3.05, 3.63) is 56.8 Å². The number of nitrogens with zero attached hydrogens (tertiary/aromatic N) is 2.